The van der Waals surface area contributed by atoms with Crippen LogP contribution in [0.25, 0.3) is 0 Å². The van der Waals surface area contributed by atoms with E-state index in [2.05, 4.69) is 10.0 Å². The molecule has 0 aliphatic heterocycles. The maximum Gasteiger partial charge on any atom is 0.404 e. The first-order valence-corrected chi connectivity index (χ1v) is 8.64. The lowest BCUT2D eigenvalue weighted by Crippen LogP contribution is -2.66. The average Bonchev–Trinajstić information content (AvgIpc) is 2.18. The largest absolute Gasteiger partial charge is 0.465 e. The SMILES string of the molecule is CS(=O)(=O)NC12CC3CC(C1)C(NC(=O)O)C(C3)C2. The van der Waals surface area contributed by atoms with Crippen LogP contribution in [0.4, 0.5) is 4.79 Å². The normalized spacial score (nSPS) is 44.3. The van der Waals surface area contributed by atoms with E-state index in [4.69, 9.17) is 5.11 Å². The molecule has 6 nitrogen and oxygen atoms in total. The van der Waals surface area contributed by atoms with Crippen molar-refractivity contribution in [3.8, 4) is 0 Å². The van der Waals surface area contributed by atoms with Crippen LogP contribution >= 0.6 is 0 Å². The first-order chi connectivity index (χ1) is 8.76. The van der Waals surface area contributed by atoms with E-state index in [9.17, 15) is 13.2 Å². The van der Waals surface area contributed by atoms with Crippen LogP contribution in [-0.2, 0) is 10.0 Å². The van der Waals surface area contributed by atoms with Crippen molar-refractivity contribution < 1.29 is 18.3 Å². The zero-order chi connectivity index (χ0) is 13.8. The molecular formula is C12H20N2O4S. The topological polar surface area (TPSA) is 95.5 Å². The van der Waals surface area contributed by atoms with Gasteiger partial charge in [0.15, 0.2) is 0 Å². The Kier molecular flexibility index (Phi) is 2.83. The molecule has 0 heterocycles. The van der Waals surface area contributed by atoms with Gasteiger partial charge in [-0.1, -0.05) is 0 Å². The molecule has 0 saturated heterocycles. The van der Waals surface area contributed by atoms with Gasteiger partial charge in [-0.25, -0.2) is 17.9 Å². The Morgan fingerprint density at radius 2 is 1.79 bits per heavy atom. The molecule has 0 aromatic heterocycles. The van der Waals surface area contributed by atoms with Gasteiger partial charge in [-0.05, 0) is 49.9 Å². The van der Waals surface area contributed by atoms with Gasteiger partial charge in [0.1, 0.15) is 0 Å². The van der Waals surface area contributed by atoms with Crippen LogP contribution in [0.3, 0.4) is 0 Å². The minimum atomic E-state index is -3.21. The van der Waals surface area contributed by atoms with Gasteiger partial charge in [0.2, 0.25) is 10.0 Å². The molecule has 1 amide bonds. The number of hydrogen-bond donors (Lipinski definition) is 3. The van der Waals surface area contributed by atoms with Crippen LogP contribution in [0.15, 0.2) is 0 Å². The molecular weight excluding hydrogens is 268 g/mol. The van der Waals surface area contributed by atoms with Crippen LogP contribution in [0.1, 0.15) is 32.1 Å². The average molecular weight is 288 g/mol. The maximum absolute atomic E-state index is 11.6. The number of sulfonamides is 1. The molecule has 7 heteroatoms. The van der Waals surface area contributed by atoms with Gasteiger partial charge < -0.3 is 10.4 Å². The summed E-state index contributed by atoms with van der Waals surface area (Å²) in [6, 6.07) is 0.00327. The van der Waals surface area contributed by atoms with E-state index >= 15 is 0 Å². The van der Waals surface area contributed by atoms with E-state index in [-0.39, 0.29) is 23.4 Å². The molecule has 108 valence electrons. The molecule has 19 heavy (non-hydrogen) atoms. The predicted octanol–water partition coefficient (Wildman–Crippen LogP) is 0.750. The first-order valence-electron chi connectivity index (χ1n) is 6.75. The second-order valence-corrected chi connectivity index (χ2v) is 8.35. The van der Waals surface area contributed by atoms with Crippen molar-refractivity contribution in [2.45, 2.75) is 43.7 Å². The van der Waals surface area contributed by atoms with Gasteiger partial charge in [-0.2, -0.15) is 0 Å². The van der Waals surface area contributed by atoms with Crippen molar-refractivity contribution in [1.82, 2.24) is 10.0 Å². The Morgan fingerprint density at radius 3 is 2.26 bits per heavy atom. The molecule has 0 aromatic carbocycles. The standard InChI is InChI=1S/C12H20N2O4S/c1-19(17,18)14-12-4-7-2-8(5-12)10(13-11(15)16)9(3-7)6-12/h7-10,13-14H,2-6H2,1H3,(H,15,16). The highest BCUT2D eigenvalue weighted by atomic mass is 32.2. The second-order valence-electron chi connectivity index (χ2n) is 6.60. The van der Waals surface area contributed by atoms with E-state index in [0.29, 0.717) is 5.92 Å². The third-order valence-corrected chi connectivity index (χ3v) is 5.77. The minimum Gasteiger partial charge on any atom is -0.465 e. The molecule has 4 saturated carbocycles. The Hall–Kier alpha value is -0.820. The van der Waals surface area contributed by atoms with Gasteiger partial charge in [0.05, 0.1) is 6.26 Å². The van der Waals surface area contributed by atoms with Crippen LogP contribution in [0.5, 0.6) is 0 Å². The molecule has 4 aliphatic carbocycles. The van der Waals surface area contributed by atoms with Gasteiger partial charge in [0.25, 0.3) is 0 Å². The molecule has 4 aliphatic rings. The fourth-order valence-corrected chi connectivity index (χ4v) is 5.96. The second kappa shape index (κ2) is 4.09. The zero-order valence-electron chi connectivity index (χ0n) is 10.9. The number of rotatable bonds is 3. The fraction of sp³-hybridized carbons (Fsp3) is 0.917. The summed E-state index contributed by atoms with van der Waals surface area (Å²) < 4.78 is 25.9. The maximum atomic E-state index is 11.6. The van der Waals surface area contributed by atoms with Gasteiger partial charge >= 0.3 is 6.09 Å². The third-order valence-electron chi connectivity index (χ3n) is 4.97. The number of nitrogens with one attached hydrogen (secondary N) is 2. The quantitative estimate of drug-likeness (QED) is 0.714. The van der Waals surface area contributed by atoms with Crippen LogP contribution in [0.2, 0.25) is 0 Å². The molecule has 4 rings (SSSR count). The molecule has 4 bridgehead atoms. The van der Waals surface area contributed by atoms with Gasteiger partial charge in [0, 0.05) is 11.6 Å². The summed E-state index contributed by atoms with van der Waals surface area (Å²) >= 11 is 0. The number of carboxylic acid groups (broad SMARTS) is 1. The predicted molar refractivity (Wildman–Crippen MR) is 69.2 cm³/mol. The summed E-state index contributed by atoms with van der Waals surface area (Å²) in [5.41, 5.74) is -0.319. The van der Waals surface area contributed by atoms with Gasteiger partial charge in [-0.15, -0.1) is 0 Å². The molecule has 0 aromatic rings. The van der Waals surface area contributed by atoms with Crippen molar-refractivity contribution >= 4 is 16.1 Å². The fourth-order valence-electron chi connectivity index (χ4n) is 4.92. The van der Waals surface area contributed by atoms with Crippen molar-refractivity contribution in [1.29, 1.82) is 0 Å². The lowest BCUT2D eigenvalue weighted by atomic mass is 9.51. The van der Waals surface area contributed by atoms with E-state index in [1.165, 1.54) is 6.26 Å². The number of hydrogen-bond acceptors (Lipinski definition) is 3. The molecule has 4 fully saturated rings. The Bertz CT molecular complexity index is 488. The lowest BCUT2D eigenvalue weighted by molar-refractivity contribution is -0.0350. The Morgan fingerprint density at radius 1 is 1.21 bits per heavy atom. The summed E-state index contributed by atoms with van der Waals surface area (Å²) in [5.74, 6) is 1.09. The Labute approximate surface area is 113 Å². The molecule has 0 radical (unpaired) electrons. The minimum absolute atomic E-state index is 0.00327. The smallest absolute Gasteiger partial charge is 0.404 e. The number of carbonyl (C=O) groups is 1. The molecule has 2 unspecified atom stereocenters. The number of amides is 1. The highest BCUT2D eigenvalue weighted by Crippen LogP contribution is 2.55. The van der Waals surface area contributed by atoms with Crippen LogP contribution < -0.4 is 10.0 Å². The third kappa shape index (κ3) is 2.45. The van der Waals surface area contributed by atoms with E-state index < -0.39 is 16.1 Å². The summed E-state index contributed by atoms with van der Waals surface area (Å²) in [7, 11) is -3.21. The van der Waals surface area contributed by atoms with Gasteiger partial charge in [-0.3, -0.25) is 0 Å². The first kappa shape index (κ1) is 13.2. The molecule has 0 spiro atoms. The summed E-state index contributed by atoms with van der Waals surface area (Å²) in [6.07, 6.45) is 4.72. The highest BCUT2D eigenvalue weighted by molar-refractivity contribution is 7.88. The van der Waals surface area contributed by atoms with Crippen molar-refractivity contribution in [3.05, 3.63) is 0 Å². The highest BCUT2D eigenvalue weighted by Gasteiger charge is 2.56. The summed E-state index contributed by atoms with van der Waals surface area (Å²) in [4.78, 5) is 10.9. The Balaban J connectivity index is 1.82. The van der Waals surface area contributed by atoms with Crippen LogP contribution in [-0.4, -0.2) is 37.5 Å². The summed E-state index contributed by atoms with van der Waals surface area (Å²) in [5, 5.41) is 11.6. The molecule has 2 atom stereocenters. The molecule has 3 N–H and O–H groups in total. The van der Waals surface area contributed by atoms with E-state index in [0.717, 1.165) is 32.1 Å². The zero-order valence-corrected chi connectivity index (χ0v) is 11.7. The van der Waals surface area contributed by atoms with E-state index in [1.807, 2.05) is 0 Å². The van der Waals surface area contributed by atoms with E-state index in [1.54, 1.807) is 0 Å². The summed E-state index contributed by atoms with van der Waals surface area (Å²) in [6.45, 7) is 0. The van der Waals surface area contributed by atoms with Crippen molar-refractivity contribution in [3.63, 3.8) is 0 Å². The van der Waals surface area contributed by atoms with Crippen molar-refractivity contribution in [2.75, 3.05) is 6.26 Å². The van der Waals surface area contributed by atoms with Crippen molar-refractivity contribution in [2.24, 2.45) is 17.8 Å². The monoisotopic (exact) mass is 288 g/mol. The lowest BCUT2D eigenvalue weighted by Gasteiger charge is -2.59. The van der Waals surface area contributed by atoms with Crippen LogP contribution in [0, 0.1) is 17.8 Å².